The number of likely N-dealkylation sites (N-methyl/N-ethyl adjacent to an activating group) is 1. The normalized spacial score (nSPS) is 10.0. The summed E-state index contributed by atoms with van der Waals surface area (Å²) in [5.41, 5.74) is 4.31. The number of ether oxygens (including phenoxy) is 1. The van der Waals surface area contributed by atoms with Gasteiger partial charge in [0.15, 0.2) is 0 Å². The van der Waals surface area contributed by atoms with Crippen LogP contribution in [0.1, 0.15) is 18.1 Å². The Bertz CT molecular complexity index is 396. The predicted molar refractivity (Wildman–Crippen MR) is 73.8 cm³/mol. The molecule has 1 aromatic rings. The largest absolute Gasteiger partial charge is 0.387 e. The Labute approximate surface area is 104 Å². The second-order valence-corrected chi connectivity index (χ2v) is 4.05. The molecular weight excluding hydrogens is 210 g/mol. The number of benzene rings is 1. The van der Waals surface area contributed by atoms with Gasteiger partial charge in [0.2, 0.25) is 0 Å². The lowest BCUT2D eigenvalue weighted by Gasteiger charge is -2.11. The lowest BCUT2D eigenvalue weighted by molar-refractivity contribution is 0.188. The van der Waals surface area contributed by atoms with Gasteiger partial charge in [-0.2, -0.15) is 0 Å². The number of hydrogen-bond acceptors (Lipinski definition) is 2. The lowest BCUT2D eigenvalue weighted by atomic mass is 10.0. The summed E-state index contributed by atoms with van der Waals surface area (Å²) in [4.78, 5) is 0. The number of rotatable bonds is 7. The molecule has 0 aromatic heterocycles. The minimum absolute atomic E-state index is 0.527. The number of aryl methyl sites for hydroxylation is 1. The van der Waals surface area contributed by atoms with E-state index in [9.17, 15) is 0 Å². The van der Waals surface area contributed by atoms with Crippen LogP contribution < -0.4 is 5.32 Å². The van der Waals surface area contributed by atoms with Crippen molar-refractivity contribution >= 4 is 5.57 Å². The van der Waals surface area contributed by atoms with Crippen molar-refractivity contribution < 1.29 is 4.74 Å². The van der Waals surface area contributed by atoms with Crippen molar-refractivity contribution in [1.29, 1.82) is 0 Å². The van der Waals surface area contributed by atoms with Gasteiger partial charge < -0.3 is 10.1 Å². The van der Waals surface area contributed by atoms with E-state index in [0.717, 1.165) is 17.8 Å². The van der Waals surface area contributed by atoms with E-state index in [4.69, 9.17) is 4.74 Å². The van der Waals surface area contributed by atoms with Crippen LogP contribution in [-0.2, 0) is 4.74 Å². The van der Waals surface area contributed by atoms with E-state index in [-0.39, 0.29) is 0 Å². The third-order valence-electron chi connectivity index (χ3n) is 2.51. The molecule has 1 rings (SSSR count). The maximum absolute atomic E-state index is 5.56. The van der Waals surface area contributed by atoms with Gasteiger partial charge in [0, 0.05) is 12.2 Å². The molecule has 0 atom stereocenters. The molecule has 0 aliphatic carbocycles. The highest BCUT2D eigenvalue weighted by molar-refractivity contribution is 5.66. The van der Waals surface area contributed by atoms with Crippen molar-refractivity contribution in [2.45, 2.75) is 13.8 Å². The molecule has 0 spiro atoms. The molecule has 0 aliphatic rings. The van der Waals surface area contributed by atoms with Crippen LogP contribution in [0, 0.1) is 6.92 Å². The number of nitrogens with one attached hydrogen (secondary N) is 1. The molecule has 0 saturated carbocycles. The molecule has 92 valence electrons. The van der Waals surface area contributed by atoms with Crippen molar-refractivity contribution in [3.05, 3.63) is 54.2 Å². The van der Waals surface area contributed by atoms with Gasteiger partial charge in [-0.15, -0.1) is 0 Å². The predicted octanol–water partition coefficient (Wildman–Crippen LogP) is 3.15. The fraction of sp³-hybridized carbons (Fsp3) is 0.333. The first-order chi connectivity index (χ1) is 8.15. The standard InChI is InChI=1S/C15H21NO/c1-5-16-14(4)11-17-10-13(3)15-9-7-6-8-12(15)2/h6-9,16H,3-5,10-11H2,1-2H3. The average molecular weight is 231 g/mol. The smallest absolute Gasteiger partial charge is 0.0860 e. The molecule has 0 bridgehead atoms. The molecule has 17 heavy (non-hydrogen) atoms. The summed E-state index contributed by atoms with van der Waals surface area (Å²) < 4.78 is 5.56. The highest BCUT2D eigenvalue weighted by Crippen LogP contribution is 2.16. The van der Waals surface area contributed by atoms with Crippen molar-refractivity contribution in [3.8, 4) is 0 Å². The van der Waals surface area contributed by atoms with Gasteiger partial charge in [0.25, 0.3) is 0 Å². The van der Waals surface area contributed by atoms with Crippen LogP contribution in [0.15, 0.2) is 43.1 Å². The van der Waals surface area contributed by atoms with Gasteiger partial charge in [-0.05, 0) is 30.5 Å². The van der Waals surface area contributed by atoms with Crippen LogP contribution >= 0.6 is 0 Å². The monoisotopic (exact) mass is 231 g/mol. The fourth-order valence-corrected chi connectivity index (χ4v) is 1.65. The quantitative estimate of drug-likeness (QED) is 0.778. The highest BCUT2D eigenvalue weighted by Gasteiger charge is 2.02. The molecule has 0 amide bonds. The van der Waals surface area contributed by atoms with Crippen molar-refractivity contribution in [1.82, 2.24) is 5.32 Å². The Morgan fingerprint density at radius 3 is 2.59 bits per heavy atom. The molecule has 0 aliphatic heterocycles. The first kappa shape index (κ1) is 13.5. The zero-order chi connectivity index (χ0) is 12.7. The first-order valence-electron chi connectivity index (χ1n) is 5.88. The molecule has 1 aromatic carbocycles. The van der Waals surface area contributed by atoms with Gasteiger partial charge in [0.05, 0.1) is 13.2 Å². The van der Waals surface area contributed by atoms with Gasteiger partial charge in [-0.25, -0.2) is 0 Å². The van der Waals surface area contributed by atoms with Crippen LogP contribution in [0.2, 0.25) is 0 Å². The van der Waals surface area contributed by atoms with Crippen LogP contribution in [0.3, 0.4) is 0 Å². The van der Waals surface area contributed by atoms with E-state index >= 15 is 0 Å². The molecule has 1 N–H and O–H groups in total. The Morgan fingerprint density at radius 1 is 1.24 bits per heavy atom. The molecule has 0 unspecified atom stereocenters. The van der Waals surface area contributed by atoms with Crippen molar-refractivity contribution in [2.75, 3.05) is 19.8 Å². The summed E-state index contributed by atoms with van der Waals surface area (Å²) in [5, 5.41) is 3.12. The number of hydrogen-bond donors (Lipinski definition) is 1. The van der Waals surface area contributed by atoms with Crippen molar-refractivity contribution in [2.24, 2.45) is 0 Å². The molecule has 0 fully saturated rings. The van der Waals surface area contributed by atoms with Gasteiger partial charge >= 0.3 is 0 Å². The molecule has 0 saturated heterocycles. The van der Waals surface area contributed by atoms with Crippen LogP contribution in [0.4, 0.5) is 0 Å². The molecule has 0 radical (unpaired) electrons. The third-order valence-corrected chi connectivity index (χ3v) is 2.51. The van der Waals surface area contributed by atoms with Gasteiger partial charge in [-0.3, -0.25) is 0 Å². The van der Waals surface area contributed by atoms with Crippen LogP contribution in [-0.4, -0.2) is 19.8 Å². The second-order valence-electron chi connectivity index (χ2n) is 4.05. The minimum atomic E-state index is 0.527. The SMILES string of the molecule is C=C(COCC(=C)c1ccccc1C)NCC. The van der Waals surface area contributed by atoms with Gasteiger partial charge in [-0.1, -0.05) is 37.4 Å². The van der Waals surface area contributed by atoms with E-state index in [0.29, 0.717) is 13.2 Å². The van der Waals surface area contributed by atoms with E-state index in [1.807, 2.05) is 19.1 Å². The Hall–Kier alpha value is -1.54. The lowest BCUT2D eigenvalue weighted by Crippen LogP contribution is -2.16. The average Bonchev–Trinajstić information content (AvgIpc) is 2.29. The molecule has 2 nitrogen and oxygen atoms in total. The summed E-state index contributed by atoms with van der Waals surface area (Å²) in [6.07, 6.45) is 0. The van der Waals surface area contributed by atoms with E-state index in [2.05, 4.69) is 37.5 Å². The van der Waals surface area contributed by atoms with Crippen LogP contribution in [0.25, 0.3) is 5.57 Å². The highest BCUT2D eigenvalue weighted by atomic mass is 16.5. The summed E-state index contributed by atoms with van der Waals surface area (Å²) in [6.45, 7) is 14.0. The minimum Gasteiger partial charge on any atom is -0.387 e. The van der Waals surface area contributed by atoms with Crippen LogP contribution in [0.5, 0.6) is 0 Å². The second kappa shape index (κ2) is 6.92. The molecule has 2 heteroatoms. The summed E-state index contributed by atoms with van der Waals surface area (Å²) in [5.74, 6) is 0. The zero-order valence-electron chi connectivity index (χ0n) is 10.8. The zero-order valence-corrected chi connectivity index (χ0v) is 10.8. The Morgan fingerprint density at radius 2 is 1.94 bits per heavy atom. The maximum atomic E-state index is 5.56. The summed E-state index contributed by atoms with van der Waals surface area (Å²) in [6, 6.07) is 8.20. The summed E-state index contributed by atoms with van der Waals surface area (Å²) in [7, 11) is 0. The third kappa shape index (κ3) is 4.45. The Kier molecular flexibility index (Phi) is 5.50. The maximum Gasteiger partial charge on any atom is 0.0860 e. The van der Waals surface area contributed by atoms with E-state index in [1.54, 1.807) is 0 Å². The van der Waals surface area contributed by atoms with E-state index in [1.165, 1.54) is 11.1 Å². The molecule has 0 heterocycles. The first-order valence-corrected chi connectivity index (χ1v) is 5.88. The topological polar surface area (TPSA) is 21.3 Å². The Balaban J connectivity index is 2.41. The van der Waals surface area contributed by atoms with Crippen molar-refractivity contribution in [3.63, 3.8) is 0 Å². The van der Waals surface area contributed by atoms with Gasteiger partial charge in [0.1, 0.15) is 0 Å². The fourth-order valence-electron chi connectivity index (χ4n) is 1.65. The molecular formula is C15H21NO. The van der Waals surface area contributed by atoms with E-state index < -0.39 is 0 Å². The summed E-state index contributed by atoms with van der Waals surface area (Å²) >= 11 is 0.